The lowest BCUT2D eigenvalue weighted by Crippen LogP contribution is -2.61. The van der Waals surface area contributed by atoms with Gasteiger partial charge in [-0.3, -0.25) is 0 Å². The summed E-state index contributed by atoms with van der Waals surface area (Å²) in [6, 6.07) is 50.3. The van der Waals surface area contributed by atoms with Crippen LogP contribution in [0.1, 0.15) is 48.4 Å². The summed E-state index contributed by atoms with van der Waals surface area (Å²) in [7, 11) is 0. The summed E-state index contributed by atoms with van der Waals surface area (Å²) in [6.07, 6.45) is -7.17. The van der Waals surface area contributed by atoms with E-state index >= 15 is 0 Å². The molecule has 0 bridgehead atoms. The fourth-order valence-electron chi connectivity index (χ4n) is 7.83. The third kappa shape index (κ3) is 7.24. The van der Waals surface area contributed by atoms with Crippen molar-refractivity contribution in [1.29, 1.82) is 0 Å². The predicted octanol–water partition coefficient (Wildman–Crippen LogP) is 9.88. The monoisotopic (exact) mass is 780 g/mol. The molecule has 0 spiro atoms. The van der Waals surface area contributed by atoms with Gasteiger partial charge in [0.1, 0.15) is 0 Å². The van der Waals surface area contributed by atoms with E-state index in [-0.39, 0.29) is 22.3 Å². The topological polar surface area (TPSA) is 114 Å². The fraction of sp³-hybridized carbons (Fsp3) is 0.120. The fourth-order valence-corrected chi connectivity index (χ4v) is 7.83. The minimum atomic E-state index is -1.62. The Labute approximate surface area is 338 Å². The number of carbonyl (C=O) groups excluding carboxylic acids is 4. The highest BCUT2D eigenvalue weighted by Crippen LogP contribution is 2.34. The molecule has 59 heavy (non-hydrogen) atoms. The van der Waals surface area contributed by atoms with Gasteiger partial charge in [0.15, 0.2) is 12.2 Å². The molecule has 0 radical (unpaired) electrons. The lowest BCUT2D eigenvalue weighted by atomic mass is 9.97. The molecular weight excluding hydrogens is 745 g/mol. The lowest BCUT2D eigenvalue weighted by molar-refractivity contribution is -0.274. The predicted molar refractivity (Wildman–Crippen MR) is 223 cm³/mol. The van der Waals surface area contributed by atoms with Crippen molar-refractivity contribution in [3.8, 4) is 0 Å². The number of rotatable bonds is 8. The normalized spacial score (nSPS) is 19.0. The molecule has 9 nitrogen and oxygen atoms in total. The molecule has 9 heteroatoms. The van der Waals surface area contributed by atoms with Gasteiger partial charge in [-0.05, 0) is 74.3 Å². The van der Waals surface area contributed by atoms with E-state index in [4.69, 9.17) is 23.7 Å². The summed E-state index contributed by atoms with van der Waals surface area (Å²) < 4.78 is 31.4. The van der Waals surface area contributed by atoms with Gasteiger partial charge in [0.2, 0.25) is 12.4 Å². The first kappa shape index (κ1) is 37.2. The zero-order valence-corrected chi connectivity index (χ0v) is 31.7. The maximum Gasteiger partial charge on any atom is 0.341 e. The van der Waals surface area contributed by atoms with E-state index in [9.17, 15) is 19.2 Å². The quantitative estimate of drug-likeness (QED) is 0.110. The molecule has 290 valence electrons. The average molecular weight is 781 g/mol. The molecular formula is C50H36O9. The molecule has 5 atom stereocenters. The Morgan fingerprint density at radius 2 is 0.644 bits per heavy atom. The molecule has 8 aromatic rings. The van der Waals surface area contributed by atoms with Crippen LogP contribution in [0.15, 0.2) is 170 Å². The number of esters is 4. The standard InChI is InChI=1S/C50H36O9/c1-30-43(56-46(51)39-26-10-18-31-14-2-6-22-35(31)39)44(57-47(52)40-27-11-19-32-15-3-7-23-36(32)40)45(58-48(53)41-28-12-20-33-16-4-8-24-37(33)41)50(55-30)59-49(54)42-29-13-21-34-17-5-9-25-38(34)42/h2-30,43-45,50H,1H3/t30-,43-,44+,45+,50?/m1/s1. The van der Waals surface area contributed by atoms with Crippen LogP contribution in [0.5, 0.6) is 0 Å². The highest BCUT2D eigenvalue weighted by atomic mass is 16.7. The Bertz CT molecular complexity index is 2900. The van der Waals surface area contributed by atoms with Crippen molar-refractivity contribution in [2.75, 3.05) is 0 Å². The van der Waals surface area contributed by atoms with Gasteiger partial charge in [0.25, 0.3) is 0 Å². The molecule has 0 saturated carbocycles. The number of fused-ring (bicyclic) bond motifs is 4. The number of carbonyl (C=O) groups is 4. The van der Waals surface area contributed by atoms with Crippen molar-refractivity contribution in [3.05, 3.63) is 192 Å². The molecule has 9 rings (SSSR count). The van der Waals surface area contributed by atoms with Gasteiger partial charge in [-0.2, -0.15) is 0 Å². The van der Waals surface area contributed by atoms with Crippen LogP contribution < -0.4 is 0 Å². The van der Waals surface area contributed by atoms with E-state index in [0.29, 0.717) is 21.5 Å². The molecule has 0 aromatic heterocycles. The van der Waals surface area contributed by atoms with Gasteiger partial charge < -0.3 is 23.7 Å². The molecule has 1 unspecified atom stereocenters. The SMILES string of the molecule is C[C@H]1OC(OC(=O)c2cccc3ccccc23)[C@@H](OC(=O)c2cccc3ccccc23)[C@@H](OC(=O)c2cccc3ccccc23)[C@@H]1OC(=O)c1cccc2ccccc12. The van der Waals surface area contributed by atoms with E-state index in [0.717, 1.165) is 21.5 Å². The largest absolute Gasteiger partial charge is 0.452 e. The van der Waals surface area contributed by atoms with Crippen LogP contribution in [0.3, 0.4) is 0 Å². The number of hydrogen-bond donors (Lipinski definition) is 0. The summed E-state index contributed by atoms with van der Waals surface area (Å²) >= 11 is 0. The smallest absolute Gasteiger partial charge is 0.341 e. The summed E-state index contributed by atoms with van der Waals surface area (Å²) in [5, 5.41) is 5.71. The van der Waals surface area contributed by atoms with Crippen molar-refractivity contribution in [2.24, 2.45) is 0 Å². The van der Waals surface area contributed by atoms with Gasteiger partial charge in [-0.25, -0.2) is 19.2 Å². The summed E-state index contributed by atoms with van der Waals surface area (Å²) in [5.74, 6) is -3.08. The Morgan fingerprint density at radius 3 is 1.02 bits per heavy atom. The van der Waals surface area contributed by atoms with Crippen LogP contribution in [-0.2, 0) is 23.7 Å². The maximum absolute atomic E-state index is 14.4. The van der Waals surface area contributed by atoms with E-state index in [1.165, 1.54) is 0 Å². The summed E-state index contributed by atoms with van der Waals surface area (Å²) in [4.78, 5) is 57.2. The van der Waals surface area contributed by atoms with Crippen molar-refractivity contribution in [2.45, 2.75) is 37.6 Å². The van der Waals surface area contributed by atoms with Crippen molar-refractivity contribution < 1.29 is 42.9 Å². The molecule has 0 N–H and O–H groups in total. The summed E-state index contributed by atoms with van der Waals surface area (Å²) in [5.41, 5.74) is 0.949. The first-order valence-electron chi connectivity index (χ1n) is 19.2. The van der Waals surface area contributed by atoms with Crippen LogP contribution in [0, 0.1) is 0 Å². The minimum Gasteiger partial charge on any atom is -0.452 e. The van der Waals surface area contributed by atoms with E-state index in [1.807, 2.05) is 97.1 Å². The van der Waals surface area contributed by atoms with Gasteiger partial charge >= 0.3 is 23.9 Å². The second-order valence-electron chi connectivity index (χ2n) is 14.3. The van der Waals surface area contributed by atoms with Gasteiger partial charge in [-0.1, -0.05) is 146 Å². The highest BCUT2D eigenvalue weighted by molar-refractivity contribution is 6.07. The number of ether oxygens (including phenoxy) is 5. The van der Waals surface area contributed by atoms with Gasteiger partial charge in [0.05, 0.1) is 28.4 Å². The number of hydrogen-bond acceptors (Lipinski definition) is 9. The third-order valence-corrected chi connectivity index (χ3v) is 10.7. The zero-order valence-electron chi connectivity index (χ0n) is 31.7. The van der Waals surface area contributed by atoms with Crippen LogP contribution in [0.2, 0.25) is 0 Å². The molecule has 1 aliphatic heterocycles. The van der Waals surface area contributed by atoms with E-state index in [1.54, 1.807) is 79.7 Å². The third-order valence-electron chi connectivity index (χ3n) is 10.7. The summed E-state index contributed by atoms with van der Waals surface area (Å²) in [6.45, 7) is 1.61. The van der Waals surface area contributed by atoms with E-state index < -0.39 is 54.6 Å². The maximum atomic E-state index is 14.4. The van der Waals surface area contributed by atoms with Crippen LogP contribution in [0.4, 0.5) is 0 Å². The van der Waals surface area contributed by atoms with Crippen LogP contribution in [0.25, 0.3) is 43.1 Å². The molecule has 1 aliphatic rings. The Hall–Kier alpha value is -7.36. The van der Waals surface area contributed by atoms with Crippen molar-refractivity contribution >= 4 is 67.0 Å². The highest BCUT2D eigenvalue weighted by Gasteiger charge is 2.53. The second kappa shape index (κ2) is 15.9. The minimum absolute atomic E-state index is 0.212. The van der Waals surface area contributed by atoms with Gasteiger partial charge in [-0.15, -0.1) is 0 Å². The lowest BCUT2D eigenvalue weighted by Gasteiger charge is -2.43. The average Bonchev–Trinajstić information content (AvgIpc) is 3.27. The first-order valence-corrected chi connectivity index (χ1v) is 19.2. The van der Waals surface area contributed by atoms with Gasteiger partial charge in [0, 0.05) is 0 Å². The number of benzene rings is 8. The second-order valence-corrected chi connectivity index (χ2v) is 14.3. The first-order chi connectivity index (χ1) is 28.8. The van der Waals surface area contributed by atoms with Crippen LogP contribution >= 0.6 is 0 Å². The molecule has 1 fully saturated rings. The Balaban J connectivity index is 1.15. The Kier molecular flexibility index (Phi) is 10.0. The molecule has 1 heterocycles. The Morgan fingerprint density at radius 1 is 0.356 bits per heavy atom. The zero-order chi connectivity index (χ0) is 40.5. The van der Waals surface area contributed by atoms with Crippen LogP contribution in [-0.4, -0.2) is 54.6 Å². The van der Waals surface area contributed by atoms with Crippen molar-refractivity contribution in [1.82, 2.24) is 0 Å². The van der Waals surface area contributed by atoms with E-state index in [2.05, 4.69) is 0 Å². The molecule has 8 aromatic carbocycles. The molecule has 0 aliphatic carbocycles. The molecule has 0 amide bonds. The molecule has 1 saturated heterocycles. The van der Waals surface area contributed by atoms with Crippen molar-refractivity contribution in [3.63, 3.8) is 0 Å².